The van der Waals surface area contributed by atoms with Crippen molar-refractivity contribution in [1.82, 2.24) is 0 Å². The van der Waals surface area contributed by atoms with Gasteiger partial charge in [0.05, 0.1) is 25.9 Å². The summed E-state index contributed by atoms with van der Waals surface area (Å²) < 4.78 is 29.5. The first-order valence-corrected chi connectivity index (χ1v) is 6.45. The molecule has 1 rings (SSSR count). The van der Waals surface area contributed by atoms with Gasteiger partial charge in [-0.15, -0.1) is 0 Å². The molecule has 1 N–H and O–H groups in total. The lowest BCUT2D eigenvalue weighted by Crippen LogP contribution is -2.31. The van der Waals surface area contributed by atoms with Gasteiger partial charge < -0.3 is 9.84 Å². The van der Waals surface area contributed by atoms with Gasteiger partial charge in [0.2, 0.25) is 0 Å². The average Bonchev–Trinajstić information content (AvgIpc) is 2.36. The van der Waals surface area contributed by atoms with Crippen molar-refractivity contribution in [2.24, 2.45) is 0 Å². The van der Waals surface area contributed by atoms with Gasteiger partial charge in [-0.2, -0.15) is 0 Å². The number of hydrogen-bond acceptors (Lipinski definition) is 4. The zero-order valence-electron chi connectivity index (χ0n) is 9.54. The van der Waals surface area contributed by atoms with Gasteiger partial charge in [-0.05, 0) is 24.3 Å². The van der Waals surface area contributed by atoms with Crippen LogP contribution in [-0.4, -0.2) is 33.8 Å². The second kappa shape index (κ2) is 5.70. The summed E-state index contributed by atoms with van der Waals surface area (Å²) in [6.07, 6.45) is 0. The fraction of sp³-hybridized carbons (Fsp3) is 0.273. The van der Waals surface area contributed by atoms with E-state index in [1.54, 1.807) is 24.3 Å². The molecule has 0 heterocycles. The molecule has 0 aliphatic rings. The van der Waals surface area contributed by atoms with Crippen LogP contribution in [0.1, 0.15) is 0 Å². The zero-order valence-corrected chi connectivity index (χ0v) is 10.4. The van der Waals surface area contributed by atoms with E-state index in [1.165, 1.54) is 7.11 Å². The highest BCUT2D eigenvalue weighted by Gasteiger charge is 2.18. The summed E-state index contributed by atoms with van der Waals surface area (Å²) >= 11 is 0. The molecule has 0 aliphatic carbocycles. The molecule has 1 aromatic rings. The number of anilines is 1. The van der Waals surface area contributed by atoms with Crippen LogP contribution in [0.15, 0.2) is 36.3 Å². The van der Waals surface area contributed by atoms with E-state index >= 15 is 0 Å². The minimum atomic E-state index is -3.60. The second-order valence-electron chi connectivity index (χ2n) is 3.21. The molecule has 0 fully saturated rings. The summed E-state index contributed by atoms with van der Waals surface area (Å²) in [5, 5.41) is 9.75. The highest BCUT2D eigenvalue weighted by molar-refractivity contribution is 7.95. The standard InChI is InChI=1S/C11H15NO4S/c1-3-17(14,15)12(8-9-13)10-4-6-11(16-2)7-5-10/h3-7,13H,1,8-9H2,2H3. The van der Waals surface area contributed by atoms with Crippen molar-refractivity contribution >= 4 is 15.7 Å². The average molecular weight is 257 g/mol. The Balaban J connectivity index is 3.09. The van der Waals surface area contributed by atoms with Crippen LogP contribution in [-0.2, 0) is 10.0 Å². The van der Waals surface area contributed by atoms with Crippen LogP contribution in [0, 0.1) is 0 Å². The number of ether oxygens (including phenoxy) is 1. The van der Waals surface area contributed by atoms with Gasteiger partial charge in [0, 0.05) is 5.41 Å². The highest BCUT2D eigenvalue weighted by atomic mass is 32.2. The fourth-order valence-corrected chi connectivity index (χ4v) is 2.26. The lowest BCUT2D eigenvalue weighted by Gasteiger charge is -2.21. The lowest BCUT2D eigenvalue weighted by atomic mass is 10.3. The Morgan fingerprint density at radius 1 is 1.41 bits per heavy atom. The van der Waals surface area contributed by atoms with E-state index in [2.05, 4.69) is 6.58 Å². The minimum Gasteiger partial charge on any atom is -0.497 e. The van der Waals surface area contributed by atoms with Crippen LogP contribution in [0.25, 0.3) is 0 Å². The number of nitrogens with zero attached hydrogens (tertiary/aromatic N) is 1. The monoisotopic (exact) mass is 257 g/mol. The van der Waals surface area contributed by atoms with Gasteiger partial charge in [-0.1, -0.05) is 6.58 Å². The van der Waals surface area contributed by atoms with Crippen LogP contribution >= 0.6 is 0 Å². The van der Waals surface area contributed by atoms with E-state index < -0.39 is 10.0 Å². The zero-order chi connectivity index (χ0) is 12.9. The molecule has 6 heteroatoms. The Labute approximate surface area is 101 Å². The Kier molecular flexibility index (Phi) is 4.53. The van der Waals surface area contributed by atoms with Crippen molar-refractivity contribution in [2.75, 3.05) is 24.6 Å². The second-order valence-corrected chi connectivity index (χ2v) is 5.01. The van der Waals surface area contributed by atoms with E-state index in [1.807, 2.05) is 0 Å². The molecule has 5 nitrogen and oxygen atoms in total. The Hall–Kier alpha value is -1.53. The van der Waals surface area contributed by atoms with E-state index in [0.29, 0.717) is 11.4 Å². The third kappa shape index (κ3) is 3.21. The first-order chi connectivity index (χ1) is 8.05. The minimum absolute atomic E-state index is 0.0132. The maximum absolute atomic E-state index is 11.7. The predicted molar refractivity (Wildman–Crippen MR) is 66.5 cm³/mol. The van der Waals surface area contributed by atoms with Crippen molar-refractivity contribution in [3.63, 3.8) is 0 Å². The number of rotatable bonds is 6. The van der Waals surface area contributed by atoms with Crippen molar-refractivity contribution in [3.8, 4) is 5.75 Å². The van der Waals surface area contributed by atoms with Crippen LogP contribution in [0.2, 0.25) is 0 Å². The molecule has 0 saturated carbocycles. The van der Waals surface area contributed by atoms with Crippen molar-refractivity contribution in [1.29, 1.82) is 0 Å². The molecule has 0 aromatic heterocycles. The van der Waals surface area contributed by atoms with Crippen molar-refractivity contribution < 1.29 is 18.3 Å². The summed E-state index contributed by atoms with van der Waals surface area (Å²) in [5.41, 5.74) is 0.458. The largest absolute Gasteiger partial charge is 0.497 e. The molecule has 94 valence electrons. The maximum Gasteiger partial charge on any atom is 0.256 e. The number of aliphatic hydroxyl groups is 1. The Bertz CT molecular complexity index is 467. The Morgan fingerprint density at radius 2 is 2.00 bits per heavy atom. The van der Waals surface area contributed by atoms with Gasteiger partial charge in [0.25, 0.3) is 10.0 Å². The van der Waals surface area contributed by atoms with Gasteiger partial charge in [0.1, 0.15) is 5.75 Å². The Morgan fingerprint density at radius 3 is 2.41 bits per heavy atom. The van der Waals surface area contributed by atoms with Crippen LogP contribution in [0.5, 0.6) is 5.75 Å². The first-order valence-electron chi connectivity index (χ1n) is 4.95. The van der Waals surface area contributed by atoms with Crippen LogP contribution < -0.4 is 9.04 Å². The number of sulfonamides is 1. The van der Waals surface area contributed by atoms with E-state index in [9.17, 15) is 8.42 Å². The molecule has 1 aromatic carbocycles. The number of benzene rings is 1. The number of aliphatic hydroxyl groups excluding tert-OH is 1. The number of hydrogen-bond donors (Lipinski definition) is 1. The molecule has 0 spiro atoms. The third-order valence-electron chi connectivity index (χ3n) is 2.18. The SMILES string of the molecule is C=CS(=O)(=O)N(CCO)c1ccc(OC)cc1. The molecule has 0 saturated heterocycles. The quantitative estimate of drug-likeness (QED) is 0.824. The van der Waals surface area contributed by atoms with Gasteiger partial charge in [-0.3, -0.25) is 4.31 Å². The fourth-order valence-electron chi connectivity index (χ4n) is 1.33. The number of methoxy groups -OCH3 is 1. The van der Waals surface area contributed by atoms with Crippen molar-refractivity contribution in [2.45, 2.75) is 0 Å². The molecule has 0 unspecified atom stereocenters. The van der Waals surface area contributed by atoms with Crippen LogP contribution in [0.3, 0.4) is 0 Å². The molecule has 0 bridgehead atoms. The van der Waals surface area contributed by atoms with E-state index in [0.717, 1.165) is 9.71 Å². The summed E-state index contributed by atoms with van der Waals surface area (Å²) in [7, 11) is -2.07. The molecule has 17 heavy (non-hydrogen) atoms. The normalized spacial score (nSPS) is 10.9. The smallest absolute Gasteiger partial charge is 0.256 e. The summed E-state index contributed by atoms with van der Waals surface area (Å²) in [5.74, 6) is 0.633. The van der Waals surface area contributed by atoms with Crippen LogP contribution in [0.4, 0.5) is 5.69 Å². The third-order valence-corrected chi connectivity index (χ3v) is 3.61. The lowest BCUT2D eigenvalue weighted by molar-refractivity contribution is 0.307. The molecule has 0 radical (unpaired) electrons. The molecular formula is C11H15NO4S. The molecule has 0 aliphatic heterocycles. The van der Waals surface area contributed by atoms with Gasteiger partial charge in [-0.25, -0.2) is 8.42 Å². The topological polar surface area (TPSA) is 66.8 Å². The molecule has 0 amide bonds. The van der Waals surface area contributed by atoms with Gasteiger partial charge >= 0.3 is 0 Å². The summed E-state index contributed by atoms with van der Waals surface area (Å²) in [6, 6.07) is 6.52. The molecule has 0 atom stereocenters. The van der Waals surface area contributed by atoms with Gasteiger partial charge in [0.15, 0.2) is 0 Å². The summed E-state index contributed by atoms with van der Waals surface area (Å²) in [6.45, 7) is 2.98. The summed E-state index contributed by atoms with van der Waals surface area (Å²) in [4.78, 5) is 0. The molecular weight excluding hydrogens is 242 g/mol. The van der Waals surface area contributed by atoms with Crippen molar-refractivity contribution in [3.05, 3.63) is 36.3 Å². The predicted octanol–water partition coefficient (Wildman–Crippen LogP) is 0.967. The highest BCUT2D eigenvalue weighted by Crippen LogP contribution is 2.21. The van der Waals surface area contributed by atoms with E-state index in [-0.39, 0.29) is 13.2 Å². The van der Waals surface area contributed by atoms with E-state index in [4.69, 9.17) is 9.84 Å². The maximum atomic E-state index is 11.7. The first kappa shape index (κ1) is 13.5.